The van der Waals surface area contributed by atoms with Crippen LogP contribution in [0.15, 0.2) is 77.7 Å². The van der Waals surface area contributed by atoms with Crippen molar-refractivity contribution in [2.45, 2.75) is 18.7 Å². The Kier molecular flexibility index (Phi) is 7.25. The number of carbonyl (C=O) groups excluding carboxylic acids is 1. The molecule has 0 saturated carbocycles. The summed E-state index contributed by atoms with van der Waals surface area (Å²) in [5.41, 5.74) is 3.34. The molecule has 0 spiro atoms. The van der Waals surface area contributed by atoms with Crippen molar-refractivity contribution in [1.29, 1.82) is 0 Å². The first-order valence-corrected chi connectivity index (χ1v) is 13.0. The molecule has 3 aromatic rings. The molecule has 4 rings (SSSR count). The van der Waals surface area contributed by atoms with Crippen molar-refractivity contribution in [2.24, 2.45) is 0 Å². The number of hydrogen-bond acceptors (Lipinski definition) is 6. The molecule has 188 valence electrons. The molecule has 36 heavy (non-hydrogen) atoms. The Balaban J connectivity index is 1.57. The fourth-order valence-corrected chi connectivity index (χ4v) is 5.72. The molecule has 3 aromatic carbocycles. The van der Waals surface area contributed by atoms with E-state index in [2.05, 4.69) is 30.9 Å². The van der Waals surface area contributed by atoms with E-state index >= 15 is 0 Å². The number of amides is 1. The van der Waals surface area contributed by atoms with Crippen LogP contribution < -0.4 is 9.21 Å². The van der Waals surface area contributed by atoms with Crippen molar-refractivity contribution in [3.63, 3.8) is 0 Å². The zero-order chi connectivity index (χ0) is 25.9. The summed E-state index contributed by atoms with van der Waals surface area (Å²) in [6.07, 6.45) is 0. The molecule has 1 fully saturated rings. The molecule has 1 aliphatic rings. The van der Waals surface area contributed by atoms with Gasteiger partial charge in [-0.25, -0.2) is 8.42 Å². The highest BCUT2D eigenvalue weighted by molar-refractivity contribution is 7.92. The molecule has 0 aliphatic carbocycles. The lowest BCUT2D eigenvalue weighted by Crippen LogP contribution is -2.52. The summed E-state index contributed by atoms with van der Waals surface area (Å²) in [5.74, 6) is -0.360. The molecule has 1 amide bonds. The molecule has 1 saturated heterocycles. The molecule has 0 bridgehead atoms. The number of rotatable bonds is 7. The smallest absolute Gasteiger partial charge is 0.271 e. The zero-order valence-corrected chi connectivity index (χ0v) is 21.0. The second kappa shape index (κ2) is 10.4. The van der Waals surface area contributed by atoms with Gasteiger partial charge in [0.05, 0.1) is 15.5 Å². The molecule has 0 unspecified atom stereocenters. The Morgan fingerprint density at radius 1 is 0.944 bits per heavy atom. The highest BCUT2D eigenvalue weighted by Gasteiger charge is 2.31. The van der Waals surface area contributed by atoms with E-state index in [1.165, 1.54) is 47.5 Å². The first-order valence-electron chi connectivity index (χ1n) is 11.6. The topological polar surface area (TPSA) is 104 Å². The molecule has 0 aromatic heterocycles. The van der Waals surface area contributed by atoms with Crippen LogP contribution in [0.2, 0.25) is 0 Å². The minimum Gasteiger partial charge on any atom is -0.368 e. The average Bonchev–Trinajstić information content (AvgIpc) is 2.89. The maximum absolute atomic E-state index is 13.5. The lowest BCUT2D eigenvalue weighted by atomic mass is 10.1. The van der Waals surface area contributed by atoms with Crippen LogP contribution in [0.4, 0.5) is 17.1 Å². The number of nitrogens with zero attached hydrogens (tertiary/aromatic N) is 4. The quantitative estimate of drug-likeness (QED) is 0.356. The Morgan fingerprint density at radius 3 is 2.28 bits per heavy atom. The molecule has 10 heteroatoms. The number of benzene rings is 3. The van der Waals surface area contributed by atoms with Gasteiger partial charge in [0.15, 0.2) is 0 Å². The summed E-state index contributed by atoms with van der Waals surface area (Å²) in [4.78, 5) is 27.9. The third-order valence-electron chi connectivity index (χ3n) is 6.49. The van der Waals surface area contributed by atoms with Crippen molar-refractivity contribution in [3.05, 3.63) is 94.0 Å². The summed E-state index contributed by atoms with van der Waals surface area (Å²) >= 11 is 0. The van der Waals surface area contributed by atoms with Crippen LogP contribution in [0.1, 0.15) is 11.1 Å². The first-order chi connectivity index (χ1) is 17.2. The van der Waals surface area contributed by atoms with Gasteiger partial charge in [0, 0.05) is 44.0 Å². The number of nitro groups is 1. The predicted octanol–water partition coefficient (Wildman–Crippen LogP) is 3.76. The van der Waals surface area contributed by atoms with Crippen molar-refractivity contribution in [3.8, 4) is 0 Å². The van der Waals surface area contributed by atoms with Crippen LogP contribution in [0.25, 0.3) is 0 Å². The van der Waals surface area contributed by atoms with Gasteiger partial charge in [-0.05, 0) is 49.2 Å². The average molecular weight is 509 g/mol. The number of aryl methyl sites for hydroxylation is 1. The summed E-state index contributed by atoms with van der Waals surface area (Å²) in [6.45, 7) is 5.82. The number of hydrogen-bond donors (Lipinski definition) is 0. The molecular weight excluding hydrogens is 480 g/mol. The predicted molar refractivity (Wildman–Crippen MR) is 139 cm³/mol. The van der Waals surface area contributed by atoms with Crippen LogP contribution in [-0.4, -0.2) is 56.9 Å². The number of sulfonamides is 1. The summed E-state index contributed by atoms with van der Waals surface area (Å²) in [5, 5.41) is 11.3. The third-order valence-corrected chi connectivity index (χ3v) is 8.28. The lowest BCUT2D eigenvalue weighted by Gasteiger charge is -2.38. The maximum atomic E-state index is 13.5. The normalized spacial score (nSPS) is 13.9. The highest BCUT2D eigenvalue weighted by atomic mass is 32.2. The highest BCUT2D eigenvalue weighted by Crippen LogP contribution is 2.28. The molecule has 0 radical (unpaired) electrons. The minimum absolute atomic E-state index is 0.00375. The van der Waals surface area contributed by atoms with Gasteiger partial charge in [0.1, 0.15) is 6.54 Å². The van der Waals surface area contributed by atoms with E-state index in [-0.39, 0.29) is 22.2 Å². The van der Waals surface area contributed by atoms with Crippen LogP contribution in [-0.2, 0) is 14.8 Å². The van der Waals surface area contributed by atoms with E-state index in [1.807, 2.05) is 6.07 Å². The van der Waals surface area contributed by atoms with Gasteiger partial charge in [0.2, 0.25) is 5.91 Å². The number of carbonyl (C=O) groups is 1. The Hall–Kier alpha value is -3.92. The fourth-order valence-electron chi connectivity index (χ4n) is 4.29. The summed E-state index contributed by atoms with van der Waals surface area (Å²) < 4.78 is 28.0. The van der Waals surface area contributed by atoms with Crippen molar-refractivity contribution in [2.75, 3.05) is 41.9 Å². The largest absolute Gasteiger partial charge is 0.368 e. The fraction of sp³-hybridized carbons (Fsp3) is 0.269. The van der Waals surface area contributed by atoms with E-state index in [1.54, 1.807) is 23.1 Å². The first kappa shape index (κ1) is 25.2. The molecule has 0 atom stereocenters. The van der Waals surface area contributed by atoms with Gasteiger partial charge in [-0.2, -0.15) is 0 Å². The monoisotopic (exact) mass is 508 g/mol. The third kappa shape index (κ3) is 5.18. The Bertz CT molecular complexity index is 1370. The standard InChI is InChI=1S/C26H28N4O5S/c1-20-8-6-13-25(21(20)2)27-14-16-28(17-15-27)26(31)19-29(22-9-7-10-23(18-22)30(32)33)36(34,35)24-11-4-3-5-12-24/h3-13,18H,14-17,19H2,1-2H3. The van der Waals surface area contributed by atoms with Crippen molar-refractivity contribution < 1.29 is 18.1 Å². The summed E-state index contributed by atoms with van der Waals surface area (Å²) in [7, 11) is -4.14. The maximum Gasteiger partial charge on any atom is 0.271 e. The van der Waals surface area contributed by atoms with E-state index in [9.17, 15) is 23.3 Å². The zero-order valence-electron chi connectivity index (χ0n) is 20.2. The van der Waals surface area contributed by atoms with Crippen molar-refractivity contribution in [1.82, 2.24) is 4.90 Å². The Morgan fingerprint density at radius 2 is 1.61 bits per heavy atom. The lowest BCUT2D eigenvalue weighted by molar-refractivity contribution is -0.384. The van der Waals surface area contributed by atoms with Crippen LogP contribution in [0.5, 0.6) is 0 Å². The SMILES string of the molecule is Cc1cccc(N2CCN(C(=O)CN(c3cccc([N+](=O)[O-])c3)S(=O)(=O)c3ccccc3)CC2)c1C. The van der Waals surface area contributed by atoms with E-state index < -0.39 is 21.5 Å². The molecule has 1 aliphatic heterocycles. The molecular formula is C26H28N4O5S. The van der Waals surface area contributed by atoms with Crippen LogP contribution in [0, 0.1) is 24.0 Å². The van der Waals surface area contributed by atoms with Gasteiger partial charge in [0.25, 0.3) is 15.7 Å². The molecule has 9 nitrogen and oxygen atoms in total. The van der Waals surface area contributed by atoms with Gasteiger partial charge in [-0.15, -0.1) is 0 Å². The number of anilines is 2. The Labute approximate surface area is 210 Å². The number of nitro benzene ring substituents is 1. The second-order valence-electron chi connectivity index (χ2n) is 8.69. The van der Waals surface area contributed by atoms with E-state index in [0.29, 0.717) is 26.2 Å². The number of non-ortho nitro benzene ring substituents is 1. The van der Waals surface area contributed by atoms with Gasteiger partial charge < -0.3 is 9.80 Å². The second-order valence-corrected chi connectivity index (χ2v) is 10.6. The van der Waals surface area contributed by atoms with Gasteiger partial charge >= 0.3 is 0 Å². The minimum atomic E-state index is -4.14. The van der Waals surface area contributed by atoms with E-state index in [4.69, 9.17) is 0 Å². The van der Waals surface area contributed by atoms with E-state index in [0.717, 1.165) is 9.99 Å². The van der Waals surface area contributed by atoms with Crippen LogP contribution in [0.3, 0.4) is 0 Å². The van der Waals surface area contributed by atoms with Gasteiger partial charge in [-0.3, -0.25) is 19.2 Å². The molecule has 0 N–H and O–H groups in total. The van der Waals surface area contributed by atoms with Crippen molar-refractivity contribution >= 4 is 33.0 Å². The van der Waals surface area contributed by atoms with Gasteiger partial charge in [-0.1, -0.05) is 36.4 Å². The molecule has 1 heterocycles. The summed E-state index contributed by atoms with van der Waals surface area (Å²) in [6, 6.07) is 19.2. The van der Waals surface area contributed by atoms with Crippen LogP contribution >= 0.6 is 0 Å². The number of piperazine rings is 1.